The first-order valence-corrected chi connectivity index (χ1v) is 7.16. The van der Waals surface area contributed by atoms with E-state index >= 15 is 0 Å². The summed E-state index contributed by atoms with van der Waals surface area (Å²) in [6.45, 7) is 0. The lowest BCUT2D eigenvalue weighted by atomic mass is 10.0. The molecule has 0 spiro atoms. The third-order valence-electron chi connectivity index (χ3n) is 3.33. The first kappa shape index (κ1) is 14.0. The lowest BCUT2D eigenvalue weighted by Gasteiger charge is -2.06. The highest BCUT2D eigenvalue weighted by molar-refractivity contribution is 5.91. The molecule has 0 bridgehead atoms. The van der Waals surface area contributed by atoms with Crippen LogP contribution in [0.4, 0.5) is 5.82 Å². The molecule has 2 aromatic carbocycles. The van der Waals surface area contributed by atoms with Gasteiger partial charge in [0.1, 0.15) is 5.82 Å². The van der Waals surface area contributed by atoms with Crippen molar-refractivity contribution in [3.8, 4) is 11.1 Å². The fourth-order valence-corrected chi connectivity index (χ4v) is 2.30. The summed E-state index contributed by atoms with van der Waals surface area (Å²) >= 11 is 0. The Balaban J connectivity index is 1.72. The minimum absolute atomic E-state index is 0.0658. The maximum atomic E-state index is 12.1. The molecule has 1 heterocycles. The molecule has 0 aliphatic carbocycles. The molecule has 0 saturated heterocycles. The summed E-state index contributed by atoms with van der Waals surface area (Å²) in [6, 6.07) is 23.6. The van der Waals surface area contributed by atoms with E-state index in [1.165, 1.54) is 0 Å². The number of carbonyl (C=O) groups excluding carboxylic acids is 1. The van der Waals surface area contributed by atoms with Crippen molar-refractivity contribution in [2.75, 3.05) is 5.32 Å². The van der Waals surface area contributed by atoms with Crippen LogP contribution in [0.25, 0.3) is 11.1 Å². The van der Waals surface area contributed by atoms with Gasteiger partial charge in [0.05, 0.1) is 6.42 Å². The topological polar surface area (TPSA) is 42.0 Å². The number of carbonyl (C=O) groups is 1. The molecule has 0 aliphatic rings. The fourth-order valence-electron chi connectivity index (χ4n) is 2.30. The van der Waals surface area contributed by atoms with Gasteiger partial charge in [-0.25, -0.2) is 4.98 Å². The number of rotatable bonds is 4. The summed E-state index contributed by atoms with van der Waals surface area (Å²) < 4.78 is 0. The molecule has 22 heavy (non-hydrogen) atoms. The lowest BCUT2D eigenvalue weighted by molar-refractivity contribution is -0.115. The standard InChI is InChI=1S/C19H16N2O/c22-19(21-18-11-4-5-12-20-18)14-15-7-6-10-17(13-15)16-8-2-1-3-9-16/h1-13H,14H2,(H,20,21,22). The summed E-state index contributed by atoms with van der Waals surface area (Å²) in [5.41, 5.74) is 3.24. The molecular formula is C19H16N2O. The number of pyridine rings is 1. The molecule has 1 aromatic heterocycles. The van der Waals surface area contributed by atoms with Gasteiger partial charge in [0.25, 0.3) is 0 Å². The Bertz CT molecular complexity index is 755. The Morgan fingerprint density at radius 2 is 1.64 bits per heavy atom. The molecule has 0 fully saturated rings. The lowest BCUT2D eigenvalue weighted by Crippen LogP contribution is -2.15. The van der Waals surface area contributed by atoms with E-state index in [1.807, 2.05) is 48.5 Å². The summed E-state index contributed by atoms with van der Waals surface area (Å²) in [5.74, 6) is 0.510. The number of anilines is 1. The van der Waals surface area contributed by atoms with Crippen LogP contribution in [0.2, 0.25) is 0 Å². The van der Waals surface area contributed by atoms with Crippen molar-refractivity contribution < 1.29 is 4.79 Å². The van der Waals surface area contributed by atoms with E-state index in [0.29, 0.717) is 12.2 Å². The Labute approximate surface area is 129 Å². The molecule has 108 valence electrons. The van der Waals surface area contributed by atoms with Crippen molar-refractivity contribution in [3.05, 3.63) is 84.6 Å². The number of nitrogens with one attached hydrogen (secondary N) is 1. The number of hydrogen-bond acceptors (Lipinski definition) is 2. The Kier molecular flexibility index (Phi) is 4.25. The van der Waals surface area contributed by atoms with Crippen molar-refractivity contribution in [2.45, 2.75) is 6.42 Å². The van der Waals surface area contributed by atoms with E-state index in [0.717, 1.165) is 16.7 Å². The molecule has 0 unspecified atom stereocenters. The zero-order valence-corrected chi connectivity index (χ0v) is 12.1. The second-order valence-corrected chi connectivity index (χ2v) is 5.01. The third kappa shape index (κ3) is 3.58. The van der Waals surface area contributed by atoms with Gasteiger partial charge in [-0.2, -0.15) is 0 Å². The van der Waals surface area contributed by atoms with Gasteiger partial charge in [-0.1, -0.05) is 60.7 Å². The summed E-state index contributed by atoms with van der Waals surface area (Å²) in [6.07, 6.45) is 1.99. The van der Waals surface area contributed by atoms with Gasteiger partial charge >= 0.3 is 0 Å². The molecule has 3 rings (SSSR count). The number of aromatic nitrogens is 1. The average molecular weight is 288 g/mol. The molecule has 3 heteroatoms. The Morgan fingerprint density at radius 1 is 0.864 bits per heavy atom. The molecule has 0 atom stereocenters. The number of amides is 1. The molecule has 0 aliphatic heterocycles. The van der Waals surface area contributed by atoms with Crippen molar-refractivity contribution in [1.82, 2.24) is 4.98 Å². The largest absolute Gasteiger partial charge is 0.310 e. The zero-order chi connectivity index (χ0) is 15.2. The highest BCUT2D eigenvalue weighted by Crippen LogP contribution is 2.20. The van der Waals surface area contributed by atoms with E-state index in [1.54, 1.807) is 12.3 Å². The first-order valence-electron chi connectivity index (χ1n) is 7.16. The van der Waals surface area contributed by atoms with Crippen LogP contribution in [-0.2, 0) is 11.2 Å². The molecule has 3 aromatic rings. The number of benzene rings is 2. The summed E-state index contributed by atoms with van der Waals surface area (Å²) in [4.78, 5) is 16.2. The van der Waals surface area contributed by atoms with Gasteiger partial charge in [0, 0.05) is 6.20 Å². The van der Waals surface area contributed by atoms with Crippen LogP contribution in [0, 0.1) is 0 Å². The fraction of sp³-hybridized carbons (Fsp3) is 0.0526. The first-order chi connectivity index (χ1) is 10.8. The Morgan fingerprint density at radius 3 is 2.41 bits per heavy atom. The summed E-state index contributed by atoms with van der Waals surface area (Å²) in [5, 5.41) is 2.80. The van der Waals surface area contributed by atoms with E-state index in [-0.39, 0.29) is 5.91 Å². The SMILES string of the molecule is O=C(Cc1cccc(-c2ccccc2)c1)Nc1ccccn1. The second-order valence-electron chi connectivity index (χ2n) is 5.01. The van der Waals surface area contributed by atoms with Gasteiger partial charge in [0.15, 0.2) is 0 Å². The molecular weight excluding hydrogens is 272 g/mol. The Hall–Kier alpha value is -2.94. The number of nitrogens with zero attached hydrogens (tertiary/aromatic N) is 1. The molecule has 0 radical (unpaired) electrons. The van der Waals surface area contributed by atoms with Gasteiger partial charge in [0.2, 0.25) is 5.91 Å². The average Bonchev–Trinajstić information content (AvgIpc) is 2.57. The molecule has 1 amide bonds. The van der Waals surface area contributed by atoms with E-state index in [2.05, 4.69) is 28.5 Å². The minimum atomic E-state index is -0.0658. The van der Waals surface area contributed by atoms with Crippen LogP contribution >= 0.6 is 0 Å². The van der Waals surface area contributed by atoms with Gasteiger partial charge < -0.3 is 5.32 Å². The van der Waals surface area contributed by atoms with Gasteiger partial charge in [-0.15, -0.1) is 0 Å². The molecule has 0 saturated carbocycles. The highest BCUT2D eigenvalue weighted by Gasteiger charge is 2.06. The smallest absolute Gasteiger partial charge is 0.229 e. The van der Waals surface area contributed by atoms with E-state index < -0.39 is 0 Å². The van der Waals surface area contributed by atoms with Gasteiger partial charge in [-0.05, 0) is 28.8 Å². The predicted molar refractivity (Wildman–Crippen MR) is 88.4 cm³/mol. The van der Waals surface area contributed by atoms with Crippen molar-refractivity contribution in [2.24, 2.45) is 0 Å². The normalized spacial score (nSPS) is 10.2. The van der Waals surface area contributed by atoms with E-state index in [4.69, 9.17) is 0 Å². The maximum Gasteiger partial charge on any atom is 0.229 e. The van der Waals surface area contributed by atoms with E-state index in [9.17, 15) is 4.79 Å². The van der Waals surface area contributed by atoms with Crippen molar-refractivity contribution in [3.63, 3.8) is 0 Å². The van der Waals surface area contributed by atoms with Gasteiger partial charge in [-0.3, -0.25) is 4.79 Å². The zero-order valence-electron chi connectivity index (χ0n) is 12.1. The van der Waals surface area contributed by atoms with Crippen LogP contribution in [0.15, 0.2) is 79.0 Å². The second kappa shape index (κ2) is 6.68. The third-order valence-corrected chi connectivity index (χ3v) is 3.33. The monoisotopic (exact) mass is 288 g/mol. The quantitative estimate of drug-likeness (QED) is 0.790. The summed E-state index contributed by atoms with van der Waals surface area (Å²) in [7, 11) is 0. The van der Waals surface area contributed by atoms with Crippen molar-refractivity contribution >= 4 is 11.7 Å². The predicted octanol–water partition coefficient (Wildman–Crippen LogP) is 3.93. The molecule has 1 N–H and O–H groups in total. The minimum Gasteiger partial charge on any atom is -0.310 e. The van der Waals surface area contributed by atoms with Crippen molar-refractivity contribution in [1.29, 1.82) is 0 Å². The highest BCUT2D eigenvalue weighted by atomic mass is 16.1. The van der Waals surface area contributed by atoms with Crippen LogP contribution < -0.4 is 5.32 Å². The van der Waals surface area contributed by atoms with Crippen LogP contribution in [0.1, 0.15) is 5.56 Å². The van der Waals surface area contributed by atoms with Crippen LogP contribution in [0.5, 0.6) is 0 Å². The van der Waals surface area contributed by atoms with Crippen LogP contribution in [-0.4, -0.2) is 10.9 Å². The maximum absolute atomic E-state index is 12.1. The molecule has 3 nitrogen and oxygen atoms in total. The number of hydrogen-bond donors (Lipinski definition) is 1. The van der Waals surface area contributed by atoms with Crippen LogP contribution in [0.3, 0.4) is 0 Å².